The molecule has 0 aliphatic carbocycles. The lowest BCUT2D eigenvalue weighted by Gasteiger charge is -2.07. The standard InChI is InChI=1S/C13H24N4O/c1-4-6-15-13(18)10-14-7-5-8-17-12(3)9-11(2)16-17/h9,14H,4-8,10H2,1-3H3,(H,15,18). The molecule has 1 heterocycles. The summed E-state index contributed by atoms with van der Waals surface area (Å²) in [5, 5.41) is 10.4. The molecule has 0 aromatic carbocycles. The lowest BCUT2D eigenvalue weighted by atomic mass is 10.4. The molecule has 1 aromatic heterocycles. The fourth-order valence-electron chi connectivity index (χ4n) is 1.78. The Labute approximate surface area is 109 Å². The average Bonchev–Trinajstić information content (AvgIpc) is 2.65. The SMILES string of the molecule is CCCNC(=O)CNCCCn1nc(C)cc1C. The molecule has 102 valence electrons. The fourth-order valence-corrected chi connectivity index (χ4v) is 1.78. The van der Waals surface area contributed by atoms with E-state index in [0.29, 0.717) is 6.54 Å². The van der Waals surface area contributed by atoms with E-state index in [1.165, 1.54) is 5.69 Å². The van der Waals surface area contributed by atoms with E-state index in [0.717, 1.165) is 38.2 Å². The van der Waals surface area contributed by atoms with Gasteiger partial charge in [0.05, 0.1) is 12.2 Å². The van der Waals surface area contributed by atoms with Gasteiger partial charge in [-0.2, -0.15) is 5.10 Å². The highest BCUT2D eigenvalue weighted by Crippen LogP contribution is 2.01. The summed E-state index contributed by atoms with van der Waals surface area (Å²) in [5.41, 5.74) is 2.24. The first-order valence-electron chi connectivity index (χ1n) is 6.62. The van der Waals surface area contributed by atoms with Gasteiger partial charge >= 0.3 is 0 Å². The number of nitrogens with one attached hydrogen (secondary N) is 2. The summed E-state index contributed by atoms with van der Waals surface area (Å²) in [5.74, 6) is 0.0722. The lowest BCUT2D eigenvalue weighted by Crippen LogP contribution is -2.34. The van der Waals surface area contributed by atoms with Crippen LogP contribution in [-0.2, 0) is 11.3 Å². The van der Waals surface area contributed by atoms with Crippen LogP contribution >= 0.6 is 0 Å². The molecule has 5 nitrogen and oxygen atoms in total. The van der Waals surface area contributed by atoms with Crippen LogP contribution in [0, 0.1) is 13.8 Å². The first-order chi connectivity index (χ1) is 8.63. The van der Waals surface area contributed by atoms with Crippen LogP contribution in [0.5, 0.6) is 0 Å². The van der Waals surface area contributed by atoms with Gasteiger partial charge in [0.2, 0.25) is 5.91 Å². The molecule has 1 amide bonds. The normalized spacial score (nSPS) is 10.6. The van der Waals surface area contributed by atoms with Gasteiger partial charge in [-0.3, -0.25) is 9.48 Å². The van der Waals surface area contributed by atoms with E-state index in [-0.39, 0.29) is 5.91 Å². The molecule has 0 aliphatic rings. The molecule has 0 spiro atoms. The third-order valence-corrected chi connectivity index (χ3v) is 2.68. The zero-order chi connectivity index (χ0) is 13.4. The number of amides is 1. The number of rotatable bonds is 8. The van der Waals surface area contributed by atoms with Crippen LogP contribution in [0.2, 0.25) is 0 Å². The Bertz CT molecular complexity index is 373. The van der Waals surface area contributed by atoms with Crippen molar-refractivity contribution in [2.24, 2.45) is 0 Å². The number of carbonyl (C=O) groups excluding carboxylic acids is 1. The van der Waals surface area contributed by atoms with Crippen molar-refractivity contribution in [1.82, 2.24) is 20.4 Å². The van der Waals surface area contributed by atoms with Gasteiger partial charge in [-0.1, -0.05) is 6.92 Å². The van der Waals surface area contributed by atoms with E-state index in [2.05, 4.69) is 28.7 Å². The van der Waals surface area contributed by atoms with Gasteiger partial charge in [0.1, 0.15) is 0 Å². The summed E-state index contributed by atoms with van der Waals surface area (Å²) in [6, 6.07) is 2.08. The predicted molar refractivity (Wildman–Crippen MR) is 72.5 cm³/mol. The molecule has 0 atom stereocenters. The Morgan fingerprint density at radius 3 is 2.78 bits per heavy atom. The highest BCUT2D eigenvalue weighted by atomic mass is 16.1. The van der Waals surface area contributed by atoms with Crippen LogP contribution in [0.25, 0.3) is 0 Å². The van der Waals surface area contributed by atoms with Crippen molar-refractivity contribution in [2.75, 3.05) is 19.6 Å². The minimum absolute atomic E-state index is 0.0722. The topological polar surface area (TPSA) is 59.0 Å². The van der Waals surface area contributed by atoms with E-state index < -0.39 is 0 Å². The average molecular weight is 252 g/mol. The van der Waals surface area contributed by atoms with Gasteiger partial charge < -0.3 is 10.6 Å². The summed E-state index contributed by atoms with van der Waals surface area (Å²) in [6.07, 6.45) is 1.95. The molecule has 0 saturated carbocycles. The highest BCUT2D eigenvalue weighted by Gasteiger charge is 2.01. The summed E-state index contributed by atoms with van der Waals surface area (Å²) in [4.78, 5) is 11.3. The van der Waals surface area contributed by atoms with Crippen molar-refractivity contribution < 1.29 is 4.79 Å². The Hall–Kier alpha value is -1.36. The van der Waals surface area contributed by atoms with Crippen molar-refractivity contribution in [3.8, 4) is 0 Å². The van der Waals surface area contributed by atoms with Crippen molar-refractivity contribution >= 4 is 5.91 Å². The van der Waals surface area contributed by atoms with Crippen molar-refractivity contribution in [3.63, 3.8) is 0 Å². The maximum atomic E-state index is 11.3. The molecule has 5 heteroatoms. The third-order valence-electron chi connectivity index (χ3n) is 2.68. The van der Waals surface area contributed by atoms with Gasteiger partial charge in [-0.05, 0) is 39.3 Å². The van der Waals surface area contributed by atoms with E-state index >= 15 is 0 Å². The van der Waals surface area contributed by atoms with Crippen LogP contribution in [0.3, 0.4) is 0 Å². The first-order valence-corrected chi connectivity index (χ1v) is 6.62. The maximum Gasteiger partial charge on any atom is 0.233 e. The zero-order valence-corrected chi connectivity index (χ0v) is 11.6. The summed E-state index contributed by atoms with van der Waals surface area (Å²) < 4.78 is 2.01. The molecule has 2 N–H and O–H groups in total. The molecular weight excluding hydrogens is 228 g/mol. The van der Waals surface area contributed by atoms with Crippen LogP contribution in [0.1, 0.15) is 31.2 Å². The number of aromatic nitrogens is 2. The molecule has 0 fully saturated rings. The van der Waals surface area contributed by atoms with Gasteiger partial charge in [0.25, 0.3) is 0 Å². The third kappa shape index (κ3) is 5.31. The molecule has 0 aliphatic heterocycles. The number of hydrogen-bond donors (Lipinski definition) is 2. The second-order valence-electron chi connectivity index (χ2n) is 4.53. The minimum atomic E-state index is 0.0722. The number of hydrogen-bond acceptors (Lipinski definition) is 3. The first kappa shape index (κ1) is 14.7. The Kier molecular flexibility index (Phi) is 6.43. The van der Waals surface area contributed by atoms with Gasteiger partial charge in [0, 0.05) is 18.8 Å². The summed E-state index contributed by atoms with van der Waals surface area (Å²) in [7, 11) is 0. The number of nitrogens with zero attached hydrogens (tertiary/aromatic N) is 2. The second-order valence-corrected chi connectivity index (χ2v) is 4.53. The van der Waals surface area contributed by atoms with Crippen molar-refractivity contribution in [3.05, 3.63) is 17.5 Å². The highest BCUT2D eigenvalue weighted by molar-refractivity contribution is 5.77. The molecule has 0 saturated heterocycles. The zero-order valence-electron chi connectivity index (χ0n) is 11.6. The number of aryl methyl sites for hydroxylation is 3. The molecule has 0 bridgehead atoms. The van der Waals surface area contributed by atoms with Crippen LogP contribution in [0.15, 0.2) is 6.07 Å². The fraction of sp³-hybridized carbons (Fsp3) is 0.692. The molecule has 1 aromatic rings. The second kappa shape index (κ2) is 7.87. The Morgan fingerprint density at radius 1 is 1.39 bits per heavy atom. The van der Waals surface area contributed by atoms with Gasteiger partial charge in [-0.15, -0.1) is 0 Å². The van der Waals surface area contributed by atoms with Gasteiger partial charge in [-0.25, -0.2) is 0 Å². The van der Waals surface area contributed by atoms with E-state index in [4.69, 9.17) is 0 Å². The number of carbonyl (C=O) groups is 1. The van der Waals surface area contributed by atoms with E-state index in [1.54, 1.807) is 0 Å². The Morgan fingerprint density at radius 2 is 2.17 bits per heavy atom. The predicted octanol–water partition coefficient (Wildman–Crippen LogP) is 1.01. The summed E-state index contributed by atoms with van der Waals surface area (Å²) in [6.45, 7) is 8.98. The molecule has 0 radical (unpaired) electrons. The van der Waals surface area contributed by atoms with Crippen LogP contribution in [0.4, 0.5) is 0 Å². The lowest BCUT2D eigenvalue weighted by molar-refractivity contribution is -0.120. The summed E-state index contributed by atoms with van der Waals surface area (Å²) >= 11 is 0. The molecule has 0 unspecified atom stereocenters. The molecule has 1 rings (SSSR count). The largest absolute Gasteiger partial charge is 0.355 e. The quantitative estimate of drug-likeness (QED) is 0.679. The monoisotopic (exact) mass is 252 g/mol. The Balaban J connectivity index is 2.08. The maximum absolute atomic E-state index is 11.3. The van der Waals surface area contributed by atoms with Crippen LogP contribution in [-0.4, -0.2) is 35.3 Å². The smallest absolute Gasteiger partial charge is 0.233 e. The minimum Gasteiger partial charge on any atom is -0.355 e. The molecule has 18 heavy (non-hydrogen) atoms. The molecular formula is C13H24N4O. The van der Waals surface area contributed by atoms with Crippen molar-refractivity contribution in [2.45, 2.75) is 40.2 Å². The van der Waals surface area contributed by atoms with E-state index in [1.807, 2.05) is 18.5 Å². The van der Waals surface area contributed by atoms with E-state index in [9.17, 15) is 4.79 Å². The van der Waals surface area contributed by atoms with Gasteiger partial charge in [0.15, 0.2) is 0 Å². The van der Waals surface area contributed by atoms with Crippen LogP contribution < -0.4 is 10.6 Å². The van der Waals surface area contributed by atoms with Crippen molar-refractivity contribution in [1.29, 1.82) is 0 Å².